The molecule has 7 heteroatoms. The molecule has 3 rings (SSSR count). The van der Waals surface area contributed by atoms with Crippen molar-refractivity contribution in [2.75, 3.05) is 7.05 Å². The lowest BCUT2D eigenvalue weighted by Crippen LogP contribution is -2.36. The molecule has 0 unspecified atom stereocenters. The van der Waals surface area contributed by atoms with Crippen LogP contribution in [0.2, 0.25) is 0 Å². The molecule has 0 aliphatic carbocycles. The molecule has 5 nitrogen and oxygen atoms in total. The lowest BCUT2D eigenvalue weighted by molar-refractivity contribution is -0.139. The largest absolute Gasteiger partial charge is 0.448 e. The topological polar surface area (TPSA) is 59.5 Å². The van der Waals surface area contributed by atoms with Gasteiger partial charge >= 0.3 is 5.97 Å². The second kappa shape index (κ2) is 7.11. The van der Waals surface area contributed by atoms with Crippen LogP contribution in [0.4, 0.5) is 0 Å². The summed E-state index contributed by atoms with van der Waals surface area (Å²) in [6.45, 7) is 1.97. The second-order valence-electron chi connectivity index (χ2n) is 5.29. The van der Waals surface area contributed by atoms with Gasteiger partial charge in [0.15, 0.2) is 6.10 Å². The standard InChI is InChI=1S/C17H16N2O3S2/c1-11(22-17(21)14-8-5-9-23-14)16(20)19(2)10-15-18-12-6-3-4-7-13(12)24-15/h3-9,11H,10H2,1-2H3/t11-/m0/s1. The zero-order valence-corrected chi connectivity index (χ0v) is 14.9. The van der Waals surface area contributed by atoms with Crippen molar-refractivity contribution in [3.05, 3.63) is 51.7 Å². The lowest BCUT2D eigenvalue weighted by atomic mass is 10.3. The van der Waals surface area contributed by atoms with Crippen molar-refractivity contribution >= 4 is 44.8 Å². The van der Waals surface area contributed by atoms with Crippen LogP contribution in [0.1, 0.15) is 21.6 Å². The fourth-order valence-electron chi connectivity index (χ4n) is 2.24. The molecule has 1 atom stereocenters. The number of hydrogen-bond donors (Lipinski definition) is 0. The molecule has 0 aliphatic rings. The zero-order chi connectivity index (χ0) is 17.1. The van der Waals surface area contributed by atoms with Crippen LogP contribution in [0, 0.1) is 0 Å². The summed E-state index contributed by atoms with van der Waals surface area (Å²) in [5.74, 6) is -0.724. The minimum absolute atomic E-state index is 0.251. The molecular formula is C17H16N2O3S2. The van der Waals surface area contributed by atoms with Crippen LogP contribution in [0.5, 0.6) is 0 Å². The molecule has 0 bridgehead atoms. The van der Waals surface area contributed by atoms with E-state index in [1.807, 2.05) is 24.3 Å². The van der Waals surface area contributed by atoms with Crippen LogP contribution < -0.4 is 0 Å². The Morgan fingerprint density at radius 2 is 2.04 bits per heavy atom. The van der Waals surface area contributed by atoms with Gasteiger partial charge in [0, 0.05) is 7.05 Å². The first-order chi connectivity index (χ1) is 11.5. The summed E-state index contributed by atoms with van der Waals surface area (Å²) in [7, 11) is 1.68. The number of likely N-dealkylation sites (N-methyl/N-ethyl adjacent to an activating group) is 1. The molecular weight excluding hydrogens is 344 g/mol. The lowest BCUT2D eigenvalue weighted by Gasteiger charge is -2.20. The predicted octanol–water partition coefficient (Wildman–Crippen LogP) is 3.56. The molecule has 124 valence electrons. The van der Waals surface area contributed by atoms with Crippen molar-refractivity contribution in [1.82, 2.24) is 9.88 Å². The van der Waals surface area contributed by atoms with E-state index in [-0.39, 0.29) is 5.91 Å². The highest BCUT2D eigenvalue weighted by Crippen LogP contribution is 2.22. The Morgan fingerprint density at radius 3 is 2.75 bits per heavy atom. The van der Waals surface area contributed by atoms with Gasteiger partial charge in [-0.1, -0.05) is 18.2 Å². The minimum Gasteiger partial charge on any atom is -0.448 e. The number of carbonyl (C=O) groups excluding carboxylic acids is 2. The maximum Gasteiger partial charge on any atom is 0.349 e. The number of benzene rings is 1. The number of aromatic nitrogens is 1. The van der Waals surface area contributed by atoms with Crippen LogP contribution >= 0.6 is 22.7 Å². The minimum atomic E-state index is -0.834. The number of carbonyl (C=O) groups is 2. The van der Waals surface area contributed by atoms with E-state index in [9.17, 15) is 9.59 Å². The van der Waals surface area contributed by atoms with Crippen molar-refractivity contribution in [2.45, 2.75) is 19.6 Å². The molecule has 0 fully saturated rings. The molecule has 0 N–H and O–H groups in total. The van der Waals surface area contributed by atoms with E-state index in [4.69, 9.17) is 4.74 Å². The van der Waals surface area contributed by atoms with E-state index in [0.717, 1.165) is 15.2 Å². The van der Waals surface area contributed by atoms with Gasteiger partial charge in [0.25, 0.3) is 5.91 Å². The quantitative estimate of drug-likeness (QED) is 0.653. The van der Waals surface area contributed by atoms with Gasteiger partial charge in [-0.15, -0.1) is 22.7 Å². The molecule has 0 saturated heterocycles. The van der Waals surface area contributed by atoms with E-state index in [1.165, 1.54) is 16.2 Å². The van der Waals surface area contributed by atoms with E-state index in [1.54, 1.807) is 42.8 Å². The highest BCUT2D eigenvalue weighted by molar-refractivity contribution is 7.18. The summed E-state index contributed by atoms with van der Waals surface area (Å²) >= 11 is 2.85. The number of thiophene rings is 1. The smallest absolute Gasteiger partial charge is 0.349 e. The first-order valence-corrected chi connectivity index (χ1v) is 9.08. The van der Waals surface area contributed by atoms with Crippen LogP contribution in [0.15, 0.2) is 41.8 Å². The van der Waals surface area contributed by atoms with Crippen molar-refractivity contribution in [3.8, 4) is 0 Å². The van der Waals surface area contributed by atoms with Crippen molar-refractivity contribution in [2.24, 2.45) is 0 Å². The molecule has 0 spiro atoms. The Kier molecular flexibility index (Phi) is 4.92. The van der Waals surface area contributed by atoms with E-state index in [2.05, 4.69) is 4.98 Å². The van der Waals surface area contributed by atoms with E-state index >= 15 is 0 Å². The summed E-state index contributed by atoms with van der Waals surface area (Å²) in [5, 5.41) is 2.64. The molecule has 1 aromatic carbocycles. The normalized spacial score (nSPS) is 12.1. The molecule has 24 heavy (non-hydrogen) atoms. The predicted molar refractivity (Wildman–Crippen MR) is 95.3 cm³/mol. The molecule has 2 heterocycles. The van der Waals surface area contributed by atoms with Gasteiger partial charge in [0.2, 0.25) is 0 Å². The third-order valence-corrected chi connectivity index (χ3v) is 5.31. The first-order valence-electron chi connectivity index (χ1n) is 7.38. The summed E-state index contributed by atoms with van der Waals surface area (Å²) < 4.78 is 6.33. The van der Waals surface area contributed by atoms with Crippen LogP contribution in [-0.4, -0.2) is 34.9 Å². The van der Waals surface area contributed by atoms with Gasteiger partial charge < -0.3 is 9.64 Å². The van der Waals surface area contributed by atoms with Gasteiger partial charge in [-0.2, -0.15) is 0 Å². The SMILES string of the molecule is C[C@H](OC(=O)c1cccs1)C(=O)N(C)Cc1nc2ccccc2s1. The van der Waals surface area contributed by atoms with Crippen molar-refractivity contribution in [1.29, 1.82) is 0 Å². The number of thiazole rings is 1. The average molecular weight is 360 g/mol. The van der Waals surface area contributed by atoms with Gasteiger partial charge in [-0.05, 0) is 30.5 Å². The fourth-order valence-corrected chi connectivity index (χ4v) is 3.87. The second-order valence-corrected chi connectivity index (χ2v) is 7.36. The van der Waals surface area contributed by atoms with E-state index < -0.39 is 12.1 Å². The van der Waals surface area contributed by atoms with E-state index in [0.29, 0.717) is 11.4 Å². The third kappa shape index (κ3) is 3.63. The van der Waals surface area contributed by atoms with Crippen LogP contribution in [0.3, 0.4) is 0 Å². The monoisotopic (exact) mass is 360 g/mol. The summed E-state index contributed by atoms with van der Waals surface area (Å²) in [4.78, 5) is 30.9. The molecule has 0 radical (unpaired) electrons. The number of hydrogen-bond acceptors (Lipinski definition) is 6. The Labute approximate surface area is 147 Å². The van der Waals surface area contributed by atoms with Gasteiger partial charge in [0.05, 0.1) is 16.8 Å². The van der Waals surface area contributed by atoms with Gasteiger partial charge in [-0.25, -0.2) is 9.78 Å². The highest BCUT2D eigenvalue weighted by atomic mass is 32.1. The Hall–Kier alpha value is -2.25. The number of nitrogens with zero attached hydrogens (tertiary/aromatic N) is 2. The Bertz CT molecular complexity index is 825. The fraction of sp³-hybridized carbons (Fsp3) is 0.235. The maximum absolute atomic E-state index is 12.4. The van der Waals surface area contributed by atoms with Gasteiger partial charge in [-0.3, -0.25) is 4.79 Å². The third-order valence-electron chi connectivity index (χ3n) is 3.44. The van der Waals surface area contributed by atoms with Gasteiger partial charge in [0.1, 0.15) is 9.88 Å². The maximum atomic E-state index is 12.4. The highest BCUT2D eigenvalue weighted by Gasteiger charge is 2.23. The molecule has 3 aromatic rings. The number of ether oxygens (including phenoxy) is 1. The first kappa shape index (κ1) is 16.6. The number of esters is 1. The van der Waals surface area contributed by atoms with Crippen molar-refractivity contribution in [3.63, 3.8) is 0 Å². The molecule has 1 amide bonds. The Morgan fingerprint density at radius 1 is 1.25 bits per heavy atom. The van der Waals surface area contributed by atoms with Crippen LogP contribution in [-0.2, 0) is 16.1 Å². The molecule has 0 aliphatic heterocycles. The summed E-state index contributed by atoms with van der Waals surface area (Å²) in [6, 6.07) is 11.3. The number of amides is 1. The summed E-state index contributed by atoms with van der Waals surface area (Å²) in [5.41, 5.74) is 0.926. The zero-order valence-electron chi connectivity index (χ0n) is 13.3. The van der Waals surface area contributed by atoms with Crippen LogP contribution in [0.25, 0.3) is 10.2 Å². The average Bonchev–Trinajstić information content (AvgIpc) is 3.22. The summed E-state index contributed by atoms with van der Waals surface area (Å²) in [6.07, 6.45) is -0.834. The number of fused-ring (bicyclic) bond motifs is 1. The van der Waals surface area contributed by atoms with Crippen molar-refractivity contribution < 1.29 is 14.3 Å². The number of para-hydroxylation sites is 1. The molecule has 0 saturated carbocycles. The number of rotatable bonds is 5. The molecule has 2 aromatic heterocycles. The Balaban J connectivity index is 1.62.